The van der Waals surface area contributed by atoms with E-state index in [2.05, 4.69) is 10.2 Å². The number of carbonyl (C=O) groups excluding carboxylic acids is 1. The van der Waals surface area contributed by atoms with E-state index in [0.29, 0.717) is 22.9 Å². The molecule has 4 nitrogen and oxygen atoms in total. The van der Waals surface area contributed by atoms with Crippen molar-refractivity contribution >= 4 is 23.2 Å². The molecule has 0 aliphatic carbocycles. The number of hydrogen-bond acceptors (Lipinski definition) is 3. The molecule has 2 aromatic carbocycles. The smallest absolute Gasteiger partial charge is 0.227 e. The maximum absolute atomic E-state index is 13.9. The van der Waals surface area contributed by atoms with Gasteiger partial charge in [0.15, 0.2) is 0 Å². The summed E-state index contributed by atoms with van der Waals surface area (Å²) >= 11 is 5.79. The minimum absolute atomic E-state index is 0.0237. The zero-order valence-corrected chi connectivity index (χ0v) is 15.4. The van der Waals surface area contributed by atoms with Gasteiger partial charge >= 0.3 is 0 Å². The van der Waals surface area contributed by atoms with E-state index >= 15 is 0 Å². The Kier molecular flexibility index (Phi) is 6.12. The summed E-state index contributed by atoms with van der Waals surface area (Å²) in [4.78, 5) is 14.6. The van der Waals surface area contributed by atoms with Gasteiger partial charge in [0.1, 0.15) is 11.6 Å². The molecule has 1 heterocycles. The van der Waals surface area contributed by atoms with E-state index in [-0.39, 0.29) is 17.6 Å². The number of anilines is 1. The number of nitrogens with one attached hydrogen (secondary N) is 1. The van der Waals surface area contributed by atoms with Crippen LogP contribution in [-0.4, -0.2) is 31.0 Å². The molecular weight excluding hydrogens is 355 g/mol. The first kappa shape index (κ1) is 18.7. The highest BCUT2D eigenvalue weighted by Crippen LogP contribution is 2.24. The Morgan fingerprint density at radius 3 is 2.73 bits per heavy atom. The van der Waals surface area contributed by atoms with E-state index in [1.165, 1.54) is 6.07 Å². The number of hydrogen-bond donors (Lipinski definition) is 1. The number of carbonyl (C=O) groups is 1. The SMILES string of the molecule is COc1cccc(NC(=O)C2CCN(Cc3ccc(Cl)cc3F)CC2)c1. The summed E-state index contributed by atoms with van der Waals surface area (Å²) < 4.78 is 19.1. The number of rotatable bonds is 5. The van der Waals surface area contributed by atoms with E-state index in [1.54, 1.807) is 25.3 Å². The molecule has 0 spiro atoms. The van der Waals surface area contributed by atoms with Crippen LogP contribution in [0.5, 0.6) is 5.75 Å². The van der Waals surface area contributed by atoms with Crippen LogP contribution < -0.4 is 10.1 Å². The Morgan fingerprint density at radius 2 is 2.04 bits per heavy atom. The van der Waals surface area contributed by atoms with E-state index < -0.39 is 0 Å². The highest BCUT2D eigenvalue weighted by atomic mass is 35.5. The van der Waals surface area contributed by atoms with Crippen LogP contribution in [0.1, 0.15) is 18.4 Å². The largest absolute Gasteiger partial charge is 0.497 e. The lowest BCUT2D eigenvalue weighted by molar-refractivity contribution is -0.121. The molecule has 0 radical (unpaired) electrons. The first-order valence-electron chi connectivity index (χ1n) is 8.66. The van der Waals surface area contributed by atoms with Crippen molar-refractivity contribution in [1.29, 1.82) is 0 Å². The van der Waals surface area contributed by atoms with Crippen molar-refractivity contribution in [2.75, 3.05) is 25.5 Å². The van der Waals surface area contributed by atoms with Gasteiger partial charge in [-0.25, -0.2) is 4.39 Å². The Bertz CT molecular complexity index is 776. The summed E-state index contributed by atoms with van der Waals surface area (Å²) in [6.07, 6.45) is 1.51. The third-order valence-corrected chi connectivity index (χ3v) is 4.94. The molecule has 0 aromatic heterocycles. The van der Waals surface area contributed by atoms with E-state index in [4.69, 9.17) is 16.3 Å². The van der Waals surface area contributed by atoms with Crippen molar-refractivity contribution in [2.24, 2.45) is 5.92 Å². The molecule has 2 aromatic rings. The molecular formula is C20H22ClFN2O2. The minimum atomic E-state index is -0.282. The summed E-state index contributed by atoms with van der Waals surface area (Å²) in [7, 11) is 1.60. The first-order valence-corrected chi connectivity index (χ1v) is 9.04. The minimum Gasteiger partial charge on any atom is -0.497 e. The predicted molar refractivity (Wildman–Crippen MR) is 101 cm³/mol. The van der Waals surface area contributed by atoms with Crippen molar-refractivity contribution < 1.29 is 13.9 Å². The van der Waals surface area contributed by atoms with Crippen molar-refractivity contribution in [2.45, 2.75) is 19.4 Å². The average molecular weight is 377 g/mol. The normalized spacial score (nSPS) is 15.7. The van der Waals surface area contributed by atoms with Crippen molar-refractivity contribution in [3.8, 4) is 5.75 Å². The van der Waals surface area contributed by atoms with Gasteiger partial charge in [-0.2, -0.15) is 0 Å². The molecule has 3 rings (SSSR count). The first-order chi connectivity index (χ1) is 12.5. The fourth-order valence-electron chi connectivity index (χ4n) is 3.19. The van der Waals surface area contributed by atoms with Gasteiger partial charge in [-0.15, -0.1) is 0 Å². The average Bonchev–Trinajstić information content (AvgIpc) is 2.64. The Labute approximate surface area is 157 Å². The van der Waals surface area contributed by atoms with Gasteiger partial charge in [0.05, 0.1) is 7.11 Å². The number of methoxy groups -OCH3 is 1. The van der Waals surface area contributed by atoms with Gasteiger partial charge < -0.3 is 10.1 Å². The van der Waals surface area contributed by atoms with Crippen LogP contribution in [0.2, 0.25) is 5.02 Å². The molecule has 138 valence electrons. The lowest BCUT2D eigenvalue weighted by Crippen LogP contribution is -2.37. The topological polar surface area (TPSA) is 41.6 Å². The Morgan fingerprint density at radius 1 is 1.27 bits per heavy atom. The van der Waals surface area contributed by atoms with Gasteiger partial charge in [-0.1, -0.05) is 23.7 Å². The lowest BCUT2D eigenvalue weighted by atomic mass is 9.95. The highest BCUT2D eigenvalue weighted by molar-refractivity contribution is 6.30. The van der Waals surface area contributed by atoms with Crippen LogP contribution in [0.25, 0.3) is 0 Å². The summed E-state index contributed by atoms with van der Waals surface area (Å²) in [5, 5.41) is 3.36. The number of nitrogens with zero attached hydrogens (tertiary/aromatic N) is 1. The van der Waals surface area contributed by atoms with Crippen LogP contribution >= 0.6 is 11.6 Å². The van der Waals surface area contributed by atoms with Crippen molar-refractivity contribution in [1.82, 2.24) is 4.90 Å². The Hall–Kier alpha value is -2.11. The summed E-state index contributed by atoms with van der Waals surface area (Å²) in [6, 6.07) is 12.1. The van der Waals surface area contributed by atoms with Crippen LogP contribution in [0.3, 0.4) is 0 Å². The van der Waals surface area contributed by atoms with E-state index in [9.17, 15) is 9.18 Å². The van der Waals surface area contributed by atoms with Crippen LogP contribution in [0.15, 0.2) is 42.5 Å². The van der Waals surface area contributed by atoms with Gasteiger partial charge in [0.2, 0.25) is 5.91 Å². The molecule has 0 saturated carbocycles. The molecule has 0 bridgehead atoms. The van der Waals surface area contributed by atoms with Crippen molar-refractivity contribution in [3.63, 3.8) is 0 Å². The number of amides is 1. The predicted octanol–water partition coefficient (Wildman–Crippen LogP) is 4.34. The fraction of sp³-hybridized carbons (Fsp3) is 0.350. The van der Waals surface area contributed by atoms with Crippen LogP contribution in [0.4, 0.5) is 10.1 Å². The van der Waals surface area contributed by atoms with Gasteiger partial charge in [-0.05, 0) is 50.2 Å². The summed E-state index contributed by atoms with van der Waals surface area (Å²) in [5.41, 5.74) is 1.37. The highest BCUT2D eigenvalue weighted by Gasteiger charge is 2.25. The zero-order valence-electron chi connectivity index (χ0n) is 14.7. The van der Waals surface area contributed by atoms with Gasteiger partial charge in [0.25, 0.3) is 0 Å². The molecule has 0 atom stereocenters. The molecule has 6 heteroatoms. The summed E-state index contributed by atoms with van der Waals surface area (Å²) in [5.74, 6) is 0.418. The molecule has 1 N–H and O–H groups in total. The number of likely N-dealkylation sites (tertiary alicyclic amines) is 1. The number of piperidine rings is 1. The number of ether oxygens (including phenoxy) is 1. The summed E-state index contributed by atoms with van der Waals surface area (Å²) in [6.45, 7) is 2.06. The molecule has 1 saturated heterocycles. The molecule has 0 unspecified atom stereocenters. The maximum Gasteiger partial charge on any atom is 0.227 e. The standard InChI is InChI=1S/C20H22ClFN2O2/c1-26-18-4-2-3-17(12-18)23-20(25)14-7-9-24(10-8-14)13-15-5-6-16(21)11-19(15)22/h2-6,11-12,14H,7-10,13H2,1H3,(H,23,25). The molecule has 26 heavy (non-hydrogen) atoms. The Balaban J connectivity index is 1.52. The third-order valence-electron chi connectivity index (χ3n) is 4.70. The second kappa shape index (κ2) is 8.52. The van der Waals surface area contributed by atoms with Crippen LogP contribution in [-0.2, 0) is 11.3 Å². The number of halogens is 2. The quantitative estimate of drug-likeness (QED) is 0.844. The zero-order chi connectivity index (χ0) is 18.5. The third kappa shape index (κ3) is 4.74. The second-order valence-electron chi connectivity index (χ2n) is 6.51. The molecule has 1 aliphatic rings. The van der Waals surface area contributed by atoms with Gasteiger partial charge in [-0.3, -0.25) is 9.69 Å². The number of benzene rings is 2. The fourth-order valence-corrected chi connectivity index (χ4v) is 3.35. The van der Waals surface area contributed by atoms with E-state index in [1.807, 2.05) is 18.2 Å². The van der Waals surface area contributed by atoms with Crippen molar-refractivity contribution in [3.05, 3.63) is 58.9 Å². The van der Waals surface area contributed by atoms with Crippen LogP contribution in [0, 0.1) is 11.7 Å². The molecule has 1 amide bonds. The maximum atomic E-state index is 13.9. The lowest BCUT2D eigenvalue weighted by Gasteiger charge is -2.31. The van der Waals surface area contributed by atoms with E-state index in [0.717, 1.165) is 31.6 Å². The monoisotopic (exact) mass is 376 g/mol. The van der Waals surface area contributed by atoms with Gasteiger partial charge in [0, 0.05) is 34.8 Å². The molecule has 1 aliphatic heterocycles. The molecule has 1 fully saturated rings. The second-order valence-corrected chi connectivity index (χ2v) is 6.94.